The molecule has 0 aromatic rings. The van der Waals surface area contributed by atoms with E-state index in [1.807, 2.05) is 0 Å². The molecule has 1 unspecified atom stereocenters. The minimum absolute atomic E-state index is 0. The van der Waals surface area contributed by atoms with Crippen molar-refractivity contribution >= 4 is 0 Å². The summed E-state index contributed by atoms with van der Waals surface area (Å²) in [5.41, 5.74) is 8.82. The Labute approximate surface area is 137 Å². The maximum Gasteiger partial charge on any atom is 3.00 e. The standard InChI is InChI=1S/C15H17.C2H5.Y/c1-9-10(2)14-7-12-5-4-6-13(12)8-15(14)11(9)3;1-2;/h7-8,15H,2,4-6H2,1,3H3;1H2,2H3;/q2*-1;+3. The average molecular weight is 315 g/mol. The number of hydrogen-bond acceptors (Lipinski definition) is 0. The molecule has 0 nitrogen and oxygen atoms in total. The third kappa shape index (κ3) is 2.47. The van der Waals surface area contributed by atoms with Crippen molar-refractivity contribution in [3.8, 4) is 0 Å². The van der Waals surface area contributed by atoms with E-state index in [0.29, 0.717) is 5.92 Å². The summed E-state index contributed by atoms with van der Waals surface area (Å²) in [4.78, 5) is 0. The molecule has 0 aliphatic heterocycles. The predicted octanol–water partition coefficient (Wildman–Crippen LogP) is 4.97. The Morgan fingerprint density at radius 1 is 1.11 bits per heavy atom. The van der Waals surface area contributed by atoms with Gasteiger partial charge in [0.15, 0.2) is 0 Å². The molecule has 1 saturated carbocycles. The zero-order valence-electron chi connectivity index (χ0n) is 11.8. The molecule has 1 heteroatoms. The van der Waals surface area contributed by atoms with Crippen LogP contribution in [0.25, 0.3) is 0 Å². The van der Waals surface area contributed by atoms with Gasteiger partial charge in [-0.1, -0.05) is 25.5 Å². The fraction of sp³-hybridized carbons (Fsp3) is 0.412. The monoisotopic (exact) mass is 315 g/mol. The molecule has 92 valence electrons. The van der Waals surface area contributed by atoms with Crippen LogP contribution in [0.4, 0.5) is 0 Å². The van der Waals surface area contributed by atoms with Gasteiger partial charge in [-0.15, -0.1) is 17.2 Å². The van der Waals surface area contributed by atoms with Crippen LogP contribution in [0.1, 0.15) is 40.0 Å². The van der Waals surface area contributed by atoms with Crippen molar-refractivity contribution in [1.82, 2.24) is 0 Å². The summed E-state index contributed by atoms with van der Waals surface area (Å²) in [7, 11) is 0. The van der Waals surface area contributed by atoms with Gasteiger partial charge in [0.2, 0.25) is 0 Å². The van der Waals surface area contributed by atoms with Crippen molar-refractivity contribution in [1.29, 1.82) is 0 Å². The summed E-state index contributed by atoms with van der Waals surface area (Å²) in [5.74, 6) is 0.550. The van der Waals surface area contributed by atoms with E-state index in [1.165, 1.54) is 41.6 Å². The van der Waals surface area contributed by atoms with Gasteiger partial charge in [-0.05, 0) is 30.8 Å². The van der Waals surface area contributed by atoms with Crippen molar-refractivity contribution in [2.24, 2.45) is 5.92 Å². The molecule has 0 saturated heterocycles. The van der Waals surface area contributed by atoms with Gasteiger partial charge in [-0.3, -0.25) is 0 Å². The van der Waals surface area contributed by atoms with Crippen LogP contribution in [0.2, 0.25) is 0 Å². The number of hydrogen-bond donors (Lipinski definition) is 0. The van der Waals surface area contributed by atoms with E-state index >= 15 is 0 Å². The molecule has 0 amide bonds. The van der Waals surface area contributed by atoms with Crippen molar-refractivity contribution in [2.45, 2.75) is 40.0 Å². The minimum atomic E-state index is 0. The molecule has 3 aliphatic carbocycles. The first kappa shape index (κ1) is 16.0. The Morgan fingerprint density at radius 3 is 2.39 bits per heavy atom. The van der Waals surface area contributed by atoms with Crippen LogP contribution >= 0.6 is 0 Å². The Morgan fingerprint density at radius 2 is 1.72 bits per heavy atom. The summed E-state index contributed by atoms with van der Waals surface area (Å²) in [6.45, 7) is 13.7. The second-order valence-corrected chi connectivity index (χ2v) is 4.93. The van der Waals surface area contributed by atoms with E-state index in [9.17, 15) is 0 Å². The molecular weight excluding hydrogens is 293 g/mol. The molecule has 18 heavy (non-hydrogen) atoms. The van der Waals surface area contributed by atoms with Crippen LogP contribution in [0.5, 0.6) is 0 Å². The Bertz CT molecular complexity index is 458. The van der Waals surface area contributed by atoms with Crippen molar-refractivity contribution in [3.63, 3.8) is 0 Å². The smallest absolute Gasteiger partial charge is 0.346 e. The molecule has 0 aromatic carbocycles. The van der Waals surface area contributed by atoms with Gasteiger partial charge in [-0.2, -0.15) is 25.0 Å². The summed E-state index contributed by atoms with van der Waals surface area (Å²) < 4.78 is 0. The molecular formula is C17H22Y+. The largest absolute Gasteiger partial charge is 3.00 e. The number of fused-ring (bicyclic) bond motifs is 2. The van der Waals surface area contributed by atoms with Crippen LogP contribution in [0.15, 0.2) is 45.6 Å². The zero-order chi connectivity index (χ0) is 12.6. The normalized spacial score (nSPS) is 24.6. The van der Waals surface area contributed by atoms with E-state index in [-0.39, 0.29) is 32.7 Å². The first-order valence-electron chi connectivity index (χ1n) is 6.54. The SMILES string of the molecule is [CH2-]C.[CH2-]C1=C2C=C3CCCC3=CC2C(C)=C1C.[Y+3]. The molecule has 1 fully saturated rings. The van der Waals surface area contributed by atoms with E-state index < -0.39 is 0 Å². The van der Waals surface area contributed by atoms with E-state index in [2.05, 4.69) is 39.8 Å². The van der Waals surface area contributed by atoms with Crippen LogP contribution in [0, 0.1) is 19.8 Å². The van der Waals surface area contributed by atoms with E-state index in [0.717, 1.165) is 0 Å². The molecule has 3 aliphatic rings. The summed E-state index contributed by atoms with van der Waals surface area (Å²) in [5, 5.41) is 0. The van der Waals surface area contributed by atoms with Crippen molar-refractivity contribution < 1.29 is 32.7 Å². The number of rotatable bonds is 0. The molecule has 0 N–H and O–H groups in total. The van der Waals surface area contributed by atoms with Gasteiger partial charge in [-0.25, -0.2) is 0 Å². The van der Waals surface area contributed by atoms with Crippen LogP contribution in [-0.2, 0) is 32.7 Å². The fourth-order valence-electron chi connectivity index (χ4n) is 3.03. The van der Waals surface area contributed by atoms with Crippen molar-refractivity contribution in [3.05, 3.63) is 59.4 Å². The van der Waals surface area contributed by atoms with Gasteiger partial charge in [0.25, 0.3) is 0 Å². The van der Waals surface area contributed by atoms with Gasteiger partial charge < -0.3 is 6.92 Å². The maximum atomic E-state index is 4.22. The molecule has 0 bridgehead atoms. The topological polar surface area (TPSA) is 0 Å². The second-order valence-electron chi connectivity index (χ2n) is 4.93. The second kappa shape index (κ2) is 6.39. The third-order valence-corrected chi connectivity index (χ3v) is 4.20. The third-order valence-electron chi connectivity index (χ3n) is 4.20. The van der Waals surface area contributed by atoms with Crippen LogP contribution < -0.4 is 0 Å². The first-order valence-corrected chi connectivity index (χ1v) is 6.54. The molecule has 0 heterocycles. The van der Waals surface area contributed by atoms with E-state index in [4.69, 9.17) is 0 Å². The van der Waals surface area contributed by atoms with Crippen molar-refractivity contribution in [2.75, 3.05) is 0 Å². The quantitative estimate of drug-likeness (QED) is 0.554. The summed E-state index contributed by atoms with van der Waals surface area (Å²) in [6, 6.07) is 0. The molecule has 1 atom stereocenters. The number of allylic oxidation sites excluding steroid dienone is 8. The molecule has 0 aromatic heterocycles. The van der Waals surface area contributed by atoms with Crippen LogP contribution in [-0.4, -0.2) is 0 Å². The average Bonchev–Trinajstić information content (AvgIpc) is 2.90. The minimum Gasteiger partial charge on any atom is -0.346 e. The van der Waals surface area contributed by atoms with Crippen LogP contribution in [0.3, 0.4) is 0 Å². The predicted molar refractivity (Wildman–Crippen MR) is 75.3 cm³/mol. The van der Waals surface area contributed by atoms with Gasteiger partial charge in [0.1, 0.15) is 0 Å². The summed E-state index contributed by atoms with van der Waals surface area (Å²) >= 11 is 0. The van der Waals surface area contributed by atoms with Gasteiger partial charge in [0.05, 0.1) is 0 Å². The Balaban J connectivity index is 0.000000516. The maximum absolute atomic E-state index is 4.22. The zero-order valence-corrected chi connectivity index (χ0v) is 14.7. The molecule has 0 radical (unpaired) electrons. The van der Waals surface area contributed by atoms with Gasteiger partial charge in [0, 0.05) is 0 Å². The summed E-state index contributed by atoms with van der Waals surface area (Å²) in [6.07, 6.45) is 8.79. The fourth-order valence-corrected chi connectivity index (χ4v) is 3.03. The van der Waals surface area contributed by atoms with E-state index in [1.54, 1.807) is 18.1 Å². The Hall–Kier alpha value is -0.0661. The Kier molecular flexibility index (Phi) is 5.68. The first-order chi connectivity index (χ1) is 8.18. The molecule has 0 spiro atoms. The molecule has 3 rings (SSSR count). The van der Waals surface area contributed by atoms with Gasteiger partial charge >= 0.3 is 32.7 Å².